The third kappa shape index (κ3) is 5.86. The van der Waals surface area contributed by atoms with Crippen LogP contribution in [0, 0.1) is 6.92 Å². The first-order chi connectivity index (χ1) is 14.5. The summed E-state index contributed by atoms with van der Waals surface area (Å²) in [6.07, 6.45) is 0. The van der Waals surface area contributed by atoms with Gasteiger partial charge >= 0.3 is 59.2 Å². The summed E-state index contributed by atoms with van der Waals surface area (Å²) in [5.41, 5.74) is 0.363. The van der Waals surface area contributed by atoms with Crippen LogP contribution in [0.1, 0.15) is 50.1 Å². The van der Waals surface area contributed by atoms with Crippen molar-refractivity contribution in [2.45, 2.75) is 33.6 Å². The van der Waals surface area contributed by atoms with Crippen LogP contribution >= 0.6 is 7.82 Å². The van der Waals surface area contributed by atoms with Crippen LogP contribution in [0.25, 0.3) is 22.7 Å². The van der Waals surface area contributed by atoms with Gasteiger partial charge in [-0.05, 0) is 24.5 Å². The molecule has 0 aliphatic rings. The molecule has 1 amide bonds. The largest absolute Gasteiger partial charge is 1.00 e. The summed E-state index contributed by atoms with van der Waals surface area (Å²) in [5, 5.41) is 20.5. The number of phosphoric acid groups is 1. The quantitative estimate of drug-likeness (QED) is 0.255. The molecule has 3 rings (SSSR count). The minimum Gasteiger partial charge on any atom is -1.00 e. The topological polar surface area (TPSA) is 181 Å². The Balaban J connectivity index is 0.00000272. The Morgan fingerprint density at radius 1 is 1.28 bits per heavy atom. The number of hydrogen-bond acceptors (Lipinski definition) is 9. The predicted octanol–water partition coefficient (Wildman–Crippen LogP) is -0.133. The van der Waals surface area contributed by atoms with Crippen LogP contribution < -0.4 is 61.2 Å². The molecule has 32 heavy (non-hydrogen) atoms. The summed E-state index contributed by atoms with van der Waals surface area (Å²) in [4.78, 5) is 35.3. The second-order valence-electron chi connectivity index (χ2n) is 6.88. The van der Waals surface area contributed by atoms with Crippen LogP contribution in [0.4, 0.5) is 0 Å². The van der Waals surface area contributed by atoms with E-state index in [0.29, 0.717) is 12.1 Å². The smallest absolute Gasteiger partial charge is 1.00 e. The van der Waals surface area contributed by atoms with Crippen molar-refractivity contribution in [2.75, 3.05) is 6.54 Å². The fourth-order valence-corrected chi connectivity index (χ4v) is 3.32. The van der Waals surface area contributed by atoms with Gasteiger partial charge in [-0.2, -0.15) is 4.98 Å². The van der Waals surface area contributed by atoms with Crippen LogP contribution in [0.3, 0.4) is 0 Å². The number of benzene rings is 1. The Morgan fingerprint density at radius 2 is 1.97 bits per heavy atom. The molecule has 0 spiro atoms. The maximum absolute atomic E-state index is 12.5. The molecule has 2 heterocycles. The van der Waals surface area contributed by atoms with Crippen LogP contribution in [-0.4, -0.2) is 42.6 Å². The zero-order chi connectivity index (χ0) is 22.9. The van der Waals surface area contributed by atoms with Crippen LogP contribution in [0.5, 0.6) is 11.5 Å². The first-order valence-corrected chi connectivity index (χ1v) is 10.8. The van der Waals surface area contributed by atoms with Gasteiger partial charge in [-0.3, -0.25) is 14.6 Å². The first-order valence-electron chi connectivity index (χ1n) is 9.22. The molecule has 4 N–H and O–H groups in total. The Bertz CT molecular complexity index is 1180. The van der Waals surface area contributed by atoms with E-state index in [2.05, 4.69) is 20.6 Å². The first kappa shape index (κ1) is 26.7. The van der Waals surface area contributed by atoms with Crippen molar-refractivity contribution in [1.29, 1.82) is 0 Å². The number of nitrogens with zero attached hydrogens (tertiary/aromatic N) is 3. The Labute approximate surface area is 226 Å². The van der Waals surface area contributed by atoms with Crippen molar-refractivity contribution in [3.8, 4) is 34.2 Å². The monoisotopic (exact) mass is 492 g/mol. The number of rotatable bonds is 7. The van der Waals surface area contributed by atoms with Gasteiger partial charge in [-0.15, -0.1) is 0 Å². The van der Waals surface area contributed by atoms with Gasteiger partial charge in [-0.1, -0.05) is 24.2 Å². The number of aromatic hydroxyl groups is 1. The van der Waals surface area contributed by atoms with E-state index in [1.54, 1.807) is 13.8 Å². The van der Waals surface area contributed by atoms with Gasteiger partial charge in [0.25, 0.3) is 5.91 Å². The molecular formula is C18H22KN4O8P. The molecule has 0 fully saturated rings. The fourth-order valence-electron chi connectivity index (χ4n) is 2.91. The standard InChI is InChI=1S/C18H21N4O8P.K.H/c1-5-19-18(24)15-14(17-20-9(4)28-22-17)16(29-21-15)11-6-10(8(2)3)12(23)7-13(11)30-31(25,26)27;;/h6-8,23H,5H2,1-4H3,(H,19,24)(H2,25,26,27);;/q;+1;-1. The minimum atomic E-state index is -5.00. The number of nitrogens with one attached hydrogen (secondary N) is 1. The SMILES string of the molecule is CCNC(=O)c1noc(-c2cc(C(C)C)c(O)cc2OP(=O)(O)O)c1-c1noc(C)n1.[H-].[K+]. The Kier molecular flexibility index (Phi) is 8.81. The van der Waals surface area contributed by atoms with Crippen molar-refractivity contribution < 1.29 is 90.6 Å². The van der Waals surface area contributed by atoms with E-state index in [4.69, 9.17) is 13.6 Å². The maximum Gasteiger partial charge on any atom is 1.00 e. The maximum atomic E-state index is 12.5. The summed E-state index contributed by atoms with van der Waals surface area (Å²) in [5.74, 6) is -1.24. The molecule has 0 saturated carbocycles. The molecule has 12 nitrogen and oxygen atoms in total. The van der Waals surface area contributed by atoms with Crippen molar-refractivity contribution >= 4 is 13.7 Å². The van der Waals surface area contributed by atoms with E-state index >= 15 is 0 Å². The van der Waals surface area contributed by atoms with Crippen molar-refractivity contribution in [2.24, 2.45) is 0 Å². The average Bonchev–Trinajstić information content (AvgIpc) is 3.26. The zero-order valence-electron chi connectivity index (χ0n) is 19.1. The number of phosphoric ester groups is 1. The summed E-state index contributed by atoms with van der Waals surface area (Å²) < 4.78 is 26.7. The second kappa shape index (κ2) is 10.6. The number of carbonyl (C=O) groups is 1. The van der Waals surface area contributed by atoms with E-state index in [1.165, 1.54) is 6.07 Å². The summed E-state index contributed by atoms with van der Waals surface area (Å²) in [7, 11) is -5.00. The normalized spacial score (nSPS) is 11.3. The number of phenolic OH excluding ortho intramolecular Hbond substituents is 1. The number of phenols is 1. The molecule has 14 heteroatoms. The summed E-state index contributed by atoms with van der Waals surface area (Å²) >= 11 is 0. The molecule has 0 radical (unpaired) electrons. The summed E-state index contributed by atoms with van der Waals surface area (Å²) in [6.45, 7) is 7.21. The molecule has 0 saturated heterocycles. The van der Waals surface area contributed by atoms with Gasteiger partial charge in [0.15, 0.2) is 11.5 Å². The van der Waals surface area contributed by atoms with E-state index in [-0.39, 0.29) is 105 Å². The number of aromatic nitrogens is 3. The molecule has 0 aliphatic carbocycles. The third-order valence-electron chi connectivity index (χ3n) is 4.21. The molecular weight excluding hydrogens is 470 g/mol. The van der Waals surface area contributed by atoms with Crippen LogP contribution in [0.15, 0.2) is 21.2 Å². The Morgan fingerprint density at radius 3 is 2.50 bits per heavy atom. The van der Waals surface area contributed by atoms with Gasteiger partial charge in [0, 0.05) is 19.5 Å². The van der Waals surface area contributed by atoms with Crippen molar-refractivity contribution in [3.63, 3.8) is 0 Å². The van der Waals surface area contributed by atoms with Gasteiger partial charge in [0.1, 0.15) is 17.1 Å². The number of hydrogen-bond donors (Lipinski definition) is 4. The molecule has 2 aromatic heterocycles. The molecule has 0 aliphatic heterocycles. The molecule has 0 atom stereocenters. The van der Waals surface area contributed by atoms with Gasteiger partial charge < -0.3 is 25.4 Å². The molecule has 0 bridgehead atoms. The molecule has 1 aromatic carbocycles. The minimum absolute atomic E-state index is 0. The van der Waals surface area contributed by atoms with E-state index in [0.717, 1.165) is 6.07 Å². The number of amides is 1. The number of carbonyl (C=O) groups excluding carboxylic acids is 1. The summed E-state index contributed by atoms with van der Waals surface area (Å²) in [6, 6.07) is 2.49. The van der Waals surface area contributed by atoms with Gasteiger partial charge in [0.05, 0.1) is 5.56 Å². The van der Waals surface area contributed by atoms with Crippen molar-refractivity contribution in [3.05, 3.63) is 29.3 Å². The Hall–Kier alpha value is -1.57. The third-order valence-corrected chi connectivity index (χ3v) is 4.64. The van der Waals surface area contributed by atoms with Crippen LogP contribution in [-0.2, 0) is 4.57 Å². The fraction of sp³-hybridized carbons (Fsp3) is 0.333. The second-order valence-corrected chi connectivity index (χ2v) is 8.04. The van der Waals surface area contributed by atoms with E-state index in [9.17, 15) is 24.3 Å². The van der Waals surface area contributed by atoms with Gasteiger partial charge in [0.2, 0.25) is 11.7 Å². The molecule has 168 valence electrons. The predicted molar refractivity (Wildman–Crippen MR) is 108 cm³/mol. The van der Waals surface area contributed by atoms with E-state index < -0.39 is 13.7 Å². The zero-order valence-corrected chi connectivity index (χ0v) is 22.1. The molecule has 3 aromatic rings. The van der Waals surface area contributed by atoms with Crippen molar-refractivity contribution in [1.82, 2.24) is 20.6 Å². The van der Waals surface area contributed by atoms with Crippen LogP contribution in [0.2, 0.25) is 0 Å². The number of aryl methyl sites for hydroxylation is 1. The molecule has 0 unspecified atom stereocenters. The van der Waals surface area contributed by atoms with Gasteiger partial charge in [-0.25, -0.2) is 4.57 Å². The average molecular weight is 492 g/mol. The van der Waals surface area contributed by atoms with E-state index in [1.807, 2.05) is 13.8 Å².